The number of anilines is 1. The summed E-state index contributed by atoms with van der Waals surface area (Å²) in [6, 6.07) is 13.7. The predicted molar refractivity (Wildman–Crippen MR) is 127 cm³/mol. The molecule has 0 spiro atoms. The number of amides is 1. The molecule has 9 heteroatoms. The standard InChI is InChI=1S/C24H27N3O5S/c1-4-23(28)26-24-17(3)27-32-22(24)15-12-18-10-13-20(14-11-18)33(29,30)25-16-19-8-6-7-9-21(19)31-5-2/h6-15,25H,4-5,16H2,1-3H3,(H,26,28)/b15-12-. The summed E-state index contributed by atoms with van der Waals surface area (Å²) in [5, 5.41) is 6.66. The molecular weight excluding hydrogens is 442 g/mol. The van der Waals surface area contributed by atoms with Crippen molar-refractivity contribution >= 4 is 33.8 Å². The van der Waals surface area contributed by atoms with E-state index in [0.717, 1.165) is 11.1 Å². The fourth-order valence-corrected chi connectivity index (χ4v) is 4.02. The molecule has 1 aromatic heterocycles. The lowest BCUT2D eigenvalue weighted by Crippen LogP contribution is -2.23. The van der Waals surface area contributed by atoms with Gasteiger partial charge in [-0.15, -0.1) is 0 Å². The van der Waals surface area contributed by atoms with E-state index in [4.69, 9.17) is 9.26 Å². The summed E-state index contributed by atoms with van der Waals surface area (Å²) in [5.41, 5.74) is 2.62. The van der Waals surface area contributed by atoms with Gasteiger partial charge in [-0.2, -0.15) is 0 Å². The molecule has 0 bridgehead atoms. The molecule has 0 saturated heterocycles. The predicted octanol–water partition coefficient (Wildman–Crippen LogP) is 4.38. The van der Waals surface area contributed by atoms with Crippen LogP contribution in [0.15, 0.2) is 57.9 Å². The molecule has 0 atom stereocenters. The van der Waals surface area contributed by atoms with Crippen LogP contribution in [0.4, 0.5) is 5.69 Å². The minimum absolute atomic E-state index is 0.122. The summed E-state index contributed by atoms with van der Waals surface area (Å²) >= 11 is 0. The van der Waals surface area contributed by atoms with Crippen LogP contribution >= 0.6 is 0 Å². The van der Waals surface area contributed by atoms with Gasteiger partial charge in [0.05, 0.1) is 11.5 Å². The Morgan fingerprint density at radius 1 is 1.09 bits per heavy atom. The average Bonchev–Trinajstić information content (AvgIpc) is 3.16. The highest BCUT2D eigenvalue weighted by atomic mass is 32.2. The summed E-state index contributed by atoms with van der Waals surface area (Å²) < 4.78 is 38.9. The molecule has 0 fully saturated rings. The number of sulfonamides is 1. The Morgan fingerprint density at radius 2 is 1.82 bits per heavy atom. The third kappa shape index (κ3) is 6.30. The smallest absolute Gasteiger partial charge is 0.240 e. The monoisotopic (exact) mass is 469 g/mol. The number of rotatable bonds is 10. The van der Waals surface area contributed by atoms with E-state index in [1.807, 2.05) is 31.2 Å². The van der Waals surface area contributed by atoms with Crippen LogP contribution in [0.3, 0.4) is 0 Å². The molecule has 3 aromatic rings. The summed E-state index contributed by atoms with van der Waals surface area (Å²) in [6.45, 7) is 6.00. The van der Waals surface area contributed by atoms with E-state index in [9.17, 15) is 13.2 Å². The van der Waals surface area contributed by atoms with Crippen molar-refractivity contribution in [2.45, 2.75) is 38.6 Å². The average molecular weight is 470 g/mol. The zero-order chi connectivity index (χ0) is 23.8. The molecule has 1 heterocycles. The maximum Gasteiger partial charge on any atom is 0.240 e. The van der Waals surface area contributed by atoms with Crippen molar-refractivity contribution < 1.29 is 22.5 Å². The van der Waals surface area contributed by atoms with Crippen molar-refractivity contribution in [2.24, 2.45) is 0 Å². The number of hydrogen-bond donors (Lipinski definition) is 2. The first-order valence-electron chi connectivity index (χ1n) is 10.6. The second-order valence-electron chi connectivity index (χ2n) is 7.18. The van der Waals surface area contributed by atoms with Crippen molar-refractivity contribution in [3.8, 4) is 5.75 Å². The van der Waals surface area contributed by atoms with Crippen LogP contribution in [0, 0.1) is 6.92 Å². The van der Waals surface area contributed by atoms with E-state index in [1.165, 1.54) is 12.1 Å². The number of carbonyl (C=O) groups is 1. The van der Waals surface area contributed by atoms with Crippen molar-refractivity contribution in [1.82, 2.24) is 9.88 Å². The van der Waals surface area contributed by atoms with Crippen molar-refractivity contribution in [2.75, 3.05) is 11.9 Å². The highest BCUT2D eigenvalue weighted by Crippen LogP contribution is 2.23. The number of aromatic nitrogens is 1. The Balaban J connectivity index is 1.69. The molecule has 2 N–H and O–H groups in total. The fraction of sp³-hybridized carbons (Fsp3) is 0.250. The number of para-hydroxylation sites is 1. The second kappa shape index (κ2) is 10.9. The molecule has 0 aliphatic rings. The normalized spacial score (nSPS) is 11.6. The van der Waals surface area contributed by atoms with Gasteiger partial charge in [0.15, 0.2) is 5.76 Å². The molecule has 2 aromatic carbocycles. The van der Waals surface area contributed by atoms with Crippen LogP contribution in [0.5, 0.6) is 5.75 Å². The van der Waals surface area contributed by atoms with E-state index in [0.29, 0.717) is 35.9 Å². The highest BCUT2D eigenvalue weighted by Gasteiger charge is 2.15. The summed E-state index contributed by atoms with van der Waals surface area (Å²) in [6.07, 6.45) is 3.77. The van der Waals surface area contributed by atoms with Crippen LogP contribution in [-0.2, 0) is 21.4 Å². The number of hydrogen-bond acceptors (Lipinski definition) is 6. The van der Waals surface area contributed by atoms with E-state index in [2.05, 4.69) is 15.2 Å². The molecule has 0 saturated carbocycles. The SMILES string of the molecule is CCOc1ccccc1CNS(=O)(=O)c1ccc(/C=C\c2onc(C)c2NC(=O)CC)cc1. The Bertz CT molecular complexity index is 1230. The largest absolute Gasteiger partial charge is 0.494 e. The number of carbonyl (C=O) groups excluding carboxylic acids is 1. The molecule has 0 aliphatic carbocycles. The third-order valence-electron chi connectivity index (χ3n) is 4.82. The van der Waals surface area contributed by atoms with E-state index < -0.39 is 10.0 Å². The Labute approximate surface area is 193 Å². The second-order valence-corrected chi connectivity index (χ2v) is 8.94. The molecule has 174 valence electrons. The van der Waals surface area contributed by atoms with Gasteiger partial charge < -0.3 is 14.6 Å². The van der Waals surface area contributed by atoms with E-state index >= 15 is 0 Å². The lowest BCUT2D eigenvalue weighted by molar-refractivity contribution is -0.115. The highest BCUT2D eigenvalue weighted by molar-refractivity contribution is 7.89. The van der Waals surface area contributed by atoms with Gasteiger partial charge >= 0.3 is 0 Å². The number of nitrogens with zero attached hydrogens (tertiary/aromatic N) is 1. The minimum atomic E-state index is -3.70. The van der Waals surface area contributed by atoms with E-state index in [1.54, 1.807) is 38.1 Å². The van der Waals surface area contributed by atoms with Gasteiger partial charge in [0, 0.05) is 18.5 Å². The van der Waals surface area contributed by atoms with Gasteiger partial charge in [-0.3, -0.25) is 4.79 Å². The number of benzene rings is 2. The van der Waals surface area contributed by atoms with Crippen LogP contribution in [0.2, 0.25) is 0 Å². The summed E-state index contributed by atoms with van der Waals surface area (Å²) in [4.78, 5) is 11.9. The minimum Gasteiger partial charge on any atom is -0.494 e. The van der Waals surface area contributed by atoms with Gasteiger partial charge in [0.2, 0.25) is 15.9 Å². The topological polar surface area (TPSA) is 111 Å². The number of ether oxygens (including phenoxy) is 1. The maximum atomic E-state index is 12.7. The first-order chi connectivity index (χ1) is 15.8. The Morgan fingerprint density at radius 3 is 2.52 bits per heavy atom. The molecule has 0 radical (unpaired) electrons. The van der Waals surface area contributed by atoms with Gasteiger partial charge in [0.1, 0.15) is 17.1 Å². The zero-order valence-corrected chi connectivity index (χ0v) is 19.6. The lowest BCUT2D eigenvalue weighted by Gasteiger charge is -2.11. The van der Waals surface area contributed by atoms with Crippen LogP contribution in [0.1, 0.15) is 42.8 Å². The molecule has 3 rings (SSSR count). The number of nitrogens with one attached hydrogen (secondary N) is 2. The molecule has 0 aliphatic heterocycles. The fourth-order valence-electron chi connectivity index (χ4n) is 3.01. The third-order valence-corrected chi connectivity index (χ3v) is 6.23. The lowest BCUT2D eigenvalue weighted by atomic mass is 10.2. The number of aryl methyl sites for hydroxylation is 1. The van der Waals surface area contributed by atoms with Gasteiger partial charge in [-0.1, -0.05) is 48.5 Å². The maximum absolute atomic E-state index is 12.7. The van der Waals surface area contributed by atoms with Crippen LogP contribution in [0.25, 0.3) is 12.2 Å². The van der Waals surface area contributed by atoms with Crippen LogP contribution < -0.4 is 14.8 Å². The quantitative estimate of drug-likeness (QED) is 0.456. The Hall–Kier alpha value is -3.43. The zero-order valence-electron chi connectivity index (χ0n) is 18.8. The Kier molecular flexibility index (Phi) is 8.02. The van der Waals surface area contributed by atoms with E-state index in [-0.39, 0.29) is 17.3 Å². The van der Waals surface area contributed by atoms with Crippen molar-refractivity contribution in [1.29, 1.82) is 0 Å². The van der Waals surface area contributed by atoms with Crippen molar-refractivity contribution in [3.63, 3.8) is 0 Å². The molecule has 8 nitrogen and oxygen atoms in total. The summed E-state index contributed by atoms with van der Waals surface area (Å²) in [7, 11) is -3.70. The molecule has 1 amide bonds. The van der Waals surface area contributed by atoms with Gasteiger partial charge in [-0.05, 0) is 43.7 Å². The first kappa shape index (κ1) is 24.2. The van der Waals surface area contributed by atoms with Crippen LogP contribution in [-0.4, -0.2) is 26.1 Å². The molecule has 0 unspecified atom stereocenters. The first-order valence-corrected chi connectivity index (χ1v) is 12.1. The molecular formula is C24H27N3O5S. The van der Waals surface area contributed by atoms with Gasteiger partial charge in [-0.25, -0.2) is 13.1 Å². The summed E-state index contributed by atoms with van der Waals surface area (Å²) in [5.74, 6) is 0.933. The molecule has 33 heavy (non-hydrogen) atoms. The van der Waals surface area contributed by atoms with Gasteiger partial charge in [0.25, 0.3) is 0 Å². The van der Waals surface area contributed by atoms with Crippen molar-refractivity contribution in [3.05, 3.63) is 71.1 Å².